The molecule has 0 amide bonds. The zero-order valence-electron chi connectivity index (χ0n) is 11.2. The number of aryl methyl sites for hydroxylation is 1. The molecule has 0 aromatic carbocycles. The van der Waals surface area contributed by atoms with Gasteiger partial charge in [0.1, 0.15) is 16.2 Å². The molecule has 0 atom stereocenters. The molecule has 1 rings (SSSR count). The van der Waals surface area contributed by atoms with Crippen molar-refractivity contribution in [2.45, 2.75) is 40.0 Å². The van der Waals surface area contributed by atoms with Crippen LogP contribution in [0.3, 0.4) is 0 Å². The highest BCUT2D eigenvalue weighted by molar-refractivity contribution is 9.10. The minimum atomic E-state index is 0.720. The summed E-state index contributed by atoms with van der Waals surface area (Å²) in [5.74, 6) is 2.65. The predicted octanol–water partition coefficient (Wildman–Crippen LogP) is 3.67. The Kier molecular flexibility index (Phi) is 5.89. The molecule has 1 aromatic rings. The van der Waals surface area contributed by atoms with E-state index in [0.717, 1.165) is 41.5 Å². The normalized spacial score (nSPS) is 10.9. The van der Waals surface area contributed by atoms with Crippen molar-refractivity contribution >= 4 is 21.7 Å². The molecule has 0 bridgehead atoms. The van der Waals surface area contributed by atoms with Crippen molar-refractivity contribution in [3.05, 3.63) is 16.5 Å². The van der Waals surface area contributed by atoms with Crippen LogP contribution in [0.2, 0.25) is 0 Å². The SMILES string of the molecule is CCCc1nc(Br)cc(N(C)CCC(C)C)n1. The van der Waals surface area contributed by atoms with Crippen molar-refractivity contribution in [1.82, 2.24) is 9.97 Å². The van der Waals surface area contributed by atoms with Crippen LogP contribution in [0.4, 0.5) is 5.82 Å². The molecule has 0 saturated carbocycles. The fourth-order valence-electron chi connectivity index (χ4n) is 1.55. The number of anilines is 1. The second-order valence-electron chi connectivity index (χ2n) is 4.82. The van der Waals surface area contributed by atoms with Gasteiger partial charge in [-0.25, -0.2) is 9.97 Å². The molecule has 0 radical (unpaired) electrons. The maximum absolute atomic E-state index is 4.59. The van der Waals surface area contributed by atoms with Gasteiger partial charge in [-0.05, 0) is 34.7 Å². The largest absolute Gasteiger partial charge is 0.360 e. The Bertz CT molecular complexity index is 353. The monoisotopic (exact) mass is 299 g/mol. The summed E-state index contributed by atoms with van der Waals surface area (Å²) in [5.41, 5.74) is 0. The highest BCUT2D eigenvalue weighted by Crippen LogP contribution is 2.17. The minimum Gasteiger partial charge on any atom is -0.360 e. The molecule has 0 N–H and O–H groups in total. The Morgan fingerprint density at radius 1 is 1.35 bits per heavy atom. The van der Waals surface area contributed by atoms with E-state index in [2.05, 4.69) is 58.6 Å². The van der Waals surface area contributed by atoms with Crippen LogP contribution in [-0.4, -0.2) is 23.6 Å². The van der Waals surface area contributed by atoms with E-state index >= 15 is 0 Å². The molecule has 3 nitrogen and oxygen atoms in total. The molecule has 1 aromatic heterocycles. The van der Waals surface area contributed by atoms with E-state index in [1.54, 1.807) is 0 Å². The summed E-state index contributed by atoms with van der Waals surface area (Å²) in [6.07, 6.45) is 3.19. The van der Waals surface area contributed by atoms with E-state index in [1.807, 2.05) is 6.07 Å². The van der Waals surface area contributed by atoms with Crippen LogP contribution in [-0.2, 0) is 6.42 Å². The first-order valence-electron chi connectivity index (χ1n) is 6.27. The maximum atomic E-state index is 4.59. The standard InChI is InChI=1S/C13H22BrN3/c1-5-6-12-15-11(14)9-13(16-12)17(4)8-7-10(2)3/h9-10H,5-8H2,1-4H3. The van der Waals surface area contributed by atoms with Gasteiger partial charge in [-0.3, -0.25) is 0 Å². The lowest BCUT2D eigenvalue weighted by atomic mass is 10.1. The van der Waals surface area contributed by atoms with Gasteiger partial charge < -0.3 is 4.90 Å². The molecule has 0 spiro atoms. The van der Waals surface area contributed by atoms with Crippen molar-refractivity contribution in [1.29, 1.82) is 0 Å². The first-order valence-corrected chi connectivity index (χ1v) is 7.06. The van der Waals surface area contributed by atoms with E-state index in [0.29, 0.717) is 0 Å². The number of nitrogens with zero attached hydrogens (tertiary/aromatic N) is 3. The second kappa shape index (κ2) is 6.94. The topological polar surface area (TPSA) is 29.0 Å². The third-order valence-electron chi connectivity index (χ3n) is 2.63. The maximum Gasteiger partial charge on any atom is 0.133 e. The van der Waals surface area contributed by atoms with Gasteiger partial charge in [0.25, 0.3) is 0 Å². The predicted molar refractivity (Wildman–Crippen MR) is 76.5 cm³/mol. The number of aromatic nitrogens is 2. The third-order valence-corrected chi connectivity index (χ3v) is 3.04. The van der Waals surface area contributed by atoms with E-state index in [1.165, 1.54) is 6.42 Å². The summed E-state index contributed by atoms with van der Waals surface area (Å²) >= 11 is 3.45. The fourth-order valence-corrected chi connectivity index (χ4v) is 1.96. The van der Waals surface area contributed by atoms with E-state index in [-0.39, 0.29) is 0 Å². The smallest absolute Gasteiger partial charge is 0.133 e. The van der Waals surface area contributed by atoms with Crippen molar-refractivity contribution in [2.75, 3.05) is 18.5 Å². The molecular weight excluding hydrogens is 278 g/mol. The van der Waals surface area contributed by atoms with Crippen LogP contribution in [0, 0.1) is 5.92 Å². The highest BCUT2D eigenvalue weighted by Gasteiger charge is 2.07. The van der Waals surface area contributed by atoms with Crippen LogP contribution >= 0.6 is 15.9 Å². The molecule has 0 aliphatic rings. The Labute approximate surface area is 113 Å². The Hall–Kier alpha value is -0.640. The number of rotatable bonds is 6. The van der Waals surface area contributed by atoms with Gasteiger partial charge in [-0.1, -0.05) is 20.8 Å². The summed E-state index contributed by atoms with van der Waals surface area (Å²) in [5, 5.41) is 0. The van der Waals surface area contributed by atoms with Gasteiger partial charge in [0.2, 0.25) is 0 Å². The number of hydrogen-bond acceptors (Lipinski definition) is 3. The number of halogens is 1. The zero-order valence-corrected chi connectivity index (χ0v) is 12.8. The molecule has 17 heavy (non-hydrogen) atoms. The van der Waals surface area contributed by atoms with Crippen LogP contribution in [0.25, 0.3) is 0 Å². The average molecular weight is 300 g/mol. The lowest BCUT2D eigenvalue weighted by Crippen LogP contribution is -2.21. The summed E-state index contributed by atoms with van der Waals surface area (Å²) in [6, 6.07) is 1.99. The molecular formula is C13H22BrN3. The molecule has 0 unspecified atom stereocenters. The molecule has 1 heterocycles. The first kappa shape index (κ1) is 14.4. The van der Waals surface area contributed by atoms with Crippen molar-refractivity contribution in [3.8, 4) is 0 Å². The van der Waals surface area contributed by atoms with Crippen molar-refractivity contribution < 1.29 is 0 Å². The third kappa shape index (κ3) is 5.02. The first-order chi connectivity index (χ1) is 8.02. The van der Waals surface area contributed by atoms with Gasteiger partial charge in [0.05, 0.1) is 0 Å². The van der Waals surface area contributed by atoms with E-state index in [4.69, 9.17) is 0 Å². The Balaban J connectivity index is 2.74. The Morgan fingerprint density at radius 2 is 2.06 bits per heavy atom. The highest BCUT2D eigenvalue weighted by atomic mass is 79.9. The summed E-state index contributed by atoms with van der Waals surface area (Å²) in [6.45, 7) is 7.66. The quantitative estimate of drug-likeness (QED) is 0.751. The lowest BCUT2D eigenvalue weighted by molar-refractivity contribution is 0.583. The average Bonchev–Trinajstić information content (AvgIpc) is 2.25. The molecule has 0 aliphatic carbocycles. The van der Waals surface area contributed by atoms with Crippen molar-refractivity contribution in [3.63, 3.8) is 0 Å². The van der Waals surface area contributed by atoms with Crippen molar-refractivity contribution in [2.24, 2.45) is 5.92 Å². The molecule has 0 saturated heterocycles. The molecule has 4 heteroatoms. The van der Waals surface area contributed by atoms with Gasteiger partial charge >= 0.3 is 0 Å². The van der Waals surface area contributed by atoms with Gasteiger partial charge in [-0.2, -0.15) is 0 Å². The zero-order chi connectivity index (χ0) is 12.8. The fraction of sp³-hybridized carbons (Fsp3) is 0.692. The second-order valence-corrected chi connectivity index (χ2v) is 5.63. The van der Waals surface area contributed by atoms with Crippen LogP contribution in [0.5, 0.6) is 0 Å². The van der Waals surface area contributed by atoms with E-state index in [9.17, 15) is 0 Å². The summed E-state index contributed by atoms with van der Waals surface area (Å²) in [4.78, 5) is 11.2. The minimum absolute atomic E-state index is 0.720. The van der Waals surface area contributed by atoms with Gasteiger partial charge in [-0.15, -0.1) is 0 Å². The van der Waals surface area contributed by atoms with Crippen LogP contribution < -0.4 is 4.90 Å². The summed E-state index contributed by atoms with van der Waals surface area (Å²) < 4.78 is 0.877. The number of hydrogen-bond donors (Lipinski definition) is 0. The van der Waals surface area contributed by atoms with Gasteiger partial charge in [0.15, 0.2) is 0 Å². The van der Waals surface area contributed by atoms with Crippen LogP contribution in [0.15, 0.2) is 10.7 Å². The molecule has 0 aliphatic heterocycles. The lowest BCUT2D eigenvalue weighted by Gasteiger charge is -2.19. The Morgan fingerprint density at radius 3 is 2.65 bits per heavy atom. The molecule has 0 fully saturated rings. The molecule has 96 valence electrons. The van der Waals surface area contributed by atoms with E-state index < -0.39 is 0 Å². The van der Waals surface area contributed by atoms with Crippen LogP contribution in [0.1, 0.15) is 39.4 Å². The van der Waals surface area contributed by atoms with Gasteiger partial charge in [0, 0.05) is 26.1 Å². The summed E-state index contributed by atoms with van der Waals surface area (Å²) in [7, 11) is 2.09.